The maximum atomic E-state index is 12.1. The lowest BCUT2D eigenvalue weighted by molar-refractivity contribution is -0.124. The Hall–Kier alpha value is -0.440. The van der Waals surface area contributed by atoms with E-state index in [1.54, 1.807) is 14.0 Å². The van der Waals surface area contributed by atoms with Gasteiger partial charge in [0, 0.05) is 0 Å². The molecule has 9 heavy (non-hydrogen) atoms. The van der Waals surface area contributed by atoms with Gasteiger partial charge in [0.2, 0.25) is 0 Å². The molecular weight excluding hydrogens is 121 g/mol. The smallest absolute Gasteiger partial charge is 0.183 e. The van der Waals surface area contributed by atoms with Crippen molar-refractivity contribution in [3.63, 3.8) is 0 Å². The Morgan fingerprint density at radius 2 is 2.00 bits per heavy atom. The van der Waals surface area contributed by atoms with E-state index in [0.717, 1.165) is 0 Å². The number of hydrogen-bond donors (Lipinski definition) is 1. The van der Waals surface area contributed by atoms with Gasteiger partial charge in [0.1, 0.15) is 0 Å². The Morgan fingerprint density at radius 1 is 1.56 bits per heavy atom. The first kappa shape index (κ1) is 8.56. The van der Waals surface area contributed by atoms with Crippen LogP contribution in [0.15, 0.2) is 0 Å². The van der Waals surface area contributed by atoms with E-state index in [2.05, 4.69) is 5.32 Å². The minimum Gasteiger partial charge on any atom is -0.311 e. The second kappa shape index (κ2) is 3.56. The second-order valence-electron chi connectivity index (χ2n) is 2.03. The van der Waals surface area contributed by atoms with Gasteiger partial charge < -0.3 is 5.32 Å². The predicted molar refractivity (Wildman–Crippen MR) is 34.1 cm³/mol. The van der Waals surface area contributed by atoms with Gasteiger partial charge >= 0.3 is 0 Å². The molecule has 0 radical (unpaired) electrons. The molecule has 1 unspecified atom stereocenters. The lowest BCUT2D eigenvalue weighted by Gasteiger charge is -2.08. The van der Waals surface area contributed by atoms with Crippen molar-refractivity contribution >= 4 is 5.78 Å². The number of hydrogen-bond acceptors (Lipinski definition) is 2. The summed E-state index contributed by atoms with van der Waals surface area (Å²) in [5.41, 5.74) is 0. The molecule has 0 amide bonds. The molecule has 0 aromatic heterocycles. The predicted octanol–water partition coefficient (Wildman–Crippen LogP) is 0.521. The summed E-state index contributed by atoms with van der Waals surface area (Å²) < 4.78 is 12.1. The van der Waals surface area contributed by atoms with Gasteiger partial charge in [-0.1, -0.05) is 0 Å². The highest BCUT2D eigenvalue weighted by Gasteiger charge is 2.16. The van der Waals surface area contributed by atoms with Crippen LogP contribution in [0.2, 0.25) is 0 Å². The highest BCUT2D eigenvalue weighted by molar-refractivity contribution is 5.87. The molecule has 0 fully saturated rings. The average Bonchev–Trinajstić information content (AvgIpc) is 1.84. The quantitative estimate of drug-likeness (QED) is 0.608. The van der Waals surface area contributed by atoms with Crippen LogP contribution in [-0.4, -0.2) is 25.0 Å². The fraction of sp³-hybridized carbons (Fsp3) is 0.833. The Balaban J connectivity index is 3.73. The first-order valence-electron chi connectivity index (χ1n) is 2.94. The van der Waals surface area contributed by atoms with Crippen LogP contribution in [0.4, 0.5) is 4.39 Å². The largest absolute Gasteiger partial charge is 0.311 e. The highest BCUT2D eigenvalue weighted by atomic mass is 19.1. The third kappa shape index (κ3) is 2.56. The van der Waals surface area contributed by atoms with Crippen molar-refractivity contribution in [2.24, 2.45) is 0 Å². The van der Waals surface area contributed by atoms with Crippen LogP contribution in [0.5, 0.6) is 0 Å². The number of carbonyl (C=O) groups is 1. The van der Waals surface area contributed by atoms with E-state index in [9.17, 15) is 9.18 Å². The summed E-state index contributed by atoms with van der Waals surface area (Å²) in [5, 5.41) is 2.66. The normalized spacial score (nSPS) is 16.9. The van der Waals surface area contributed by atoms with Crippen molar-refractivity contribution in [2.45, 2.75) is 26.1 Å². The number of carbonyl (C=O) groups excluding carboxylic acids is 1. The number of ketones is 1. The summed E-state index contributed by atoms with van der Waals surface area (Å²) in [4.78, 5) is 10.6. The van der Waals surface area contributed by atoms with Crippen molar-refractivity contribution in [2.75, 3.05) is 7.05 Å². The van der Waals surface area contributed by atoms with Gasteiger partial charge in [0.15, 0.2) is 12.0 Å². The van der Waals surface area contributed by atoms with E-state index < -0.39 is 12.0 Å². The summed E-state index contributed by atoms with van der Waals surface area (Å²) in [6, 6.07) is -0.370. The van der Waals surface area contributed by atoms with E-state index in [1.807, 2.05) is 0 Å². The van der Waals surface area contributed by atoms with Gasteiger partial charge in [0.05, 0.1) is 6.04 Å². The number of alkyl halides is 1. The molecular formula is C6H12FNO. The van der Waals surface area contributed by atoms with Gasteiger partial charge in [0.25, 0.3) is 0 Å². The van der Waals surface area contributed by atoms with Crippen molar-refractivity contribution < 1.29 is 9.18 Å². The zero-order valence-electron chi connectivity index (χ0n) is 5.94. The molecule has 0 aromatic rings. The molecule has 0 saturated carbocycles. The Labute approximate surface area is 54.4 Å². The van der Waals surface area contributed by atoms with Crippen LogP contribution in [-0.2, 0) is 4.79 Å². The number of Topliss-reactive ketones (excluding diaryl/α,β-unsaturated/α-hetero) is 1. The third-order valence-electron chi connectivity index (χ3n) is 1.25. The lowest BCUT2D eigenvalue weighted by Crippen LogP contribution is -2.35. The standard InChI is InChI=1S/C6H12FNO/c1-4(7)6(9)5(2)8-3/h4-5,8H,1-3H3/t4?,5-/m0/s1. The third-order valence-corrected chi connectivity index (χ3v) is 1.25. The maximum Gasteiger partial charge on any atom is 0.183 e. The first-order chi connectivity index (χ1) is 4.09. The zero-order valence-corrected chi connectivity index (χ0v) is 5.94. The molecule has 0 rings (SSSR count). The fourth-order valence-electron chi connectivity index (χ4n) is 0.487. The molecule has 3 heteroatoms. The van der Waals surface area contributed by atoms with Crippen molar-refractivity contribution in [3.05, 3.63) is 0 Å². The van der Waals surface area contributed by atoms with Gasteiger partial charge in [-0.15, -0.1) is 0 Å². The molecule has 0 spiro atoms. The molecule has 0 aliphatic heterocycles. The number of nitrogens with one attached hydrogen (secondary N) is 1. The fourth-order valence-corrected chi connectivity index (χ4v) is 0.487. The van der Waals surface area contributed by atoms with Gasteiger partial charge in [-0.2, -0.15) is 0 Å². The van der Waals surface area contributed by atoms with Crippen LogP contribution < -0.4 is 5.32 Å². The molecule has 0 heterocycles. The van der Waals surface area contributed by atoms with Crippen LogP contribution in [0, 0.1) is 0 Å². The van der Waals surface area contributed by atoms with Gasteiger partial charge in [-0.05, 0) is 20.9 Å². The van der Waals surface area contributed by atoms with Crippen LogP contribution in [0.1, 0.15) is 13.8 Å². The van der Waals surface area contributed by atoms with Gasteiger partial charge in [-0.3, -0.25) is 4.79 Å². The van der Waals surface area contributed by atoms with E-state index in [1.165, 1.54) is 6.92 Å². The van der Waals surface area contributed by atoms with E-state index in [-0.39, 0.29) is 6.04 Å². The molecule has 1 N–H and O–H groups in total. The Morgan fingerprint density at radius 3 is 2.11 bits per heavy atom. The number of halogens is 1. The van der Waals surface area contributed by atoms with Crippen molar-refractivity contribution in [1.82, 2.24) is 5.32 Å². The summed E-state index contributed by atoms with van der Waals surface area (Å²) in [6.07, 6.45) is -1.35. The minimum atomic E-state index is -1.35. The maximum absolute atomic E-state index is 12.1. The molecule has 2 atom stereocenters. The van der Waals surface area contributed by atoms with Crippen LogP contribution >= 0.6 is 0 Å². The molecule has 0 aliphatic carbocycles. The first-order valence-corrected chi connectivity index (χ1v) is 2.94. The van der Waals surface area contributed by atoms with Gasteiger partial charge in [-0.25, -0.2) is 4.39 Å². The summed E-state index contributed by atoms with van der Waals surface area (Å²) in [7, 11) is 1.63. The summed E-state index contributed by atoms with van der Waals surface area (Å²) >= 11 is 0. The van der Waals surface area contributed by atoms with E-state index in [4.69, 9.17) is 0 Å². The molecule has 0 saturated heterocycles. The molecule has 0 bridgehead atoms. The van der Waals surface area contributed by atoms with Crippen LogP contribution in [0.25, 0.3) is 0 Å². The molecule has 0 aliphatic rings. The Bertz CT molecular complexity index is 103. The minimum absolute atomic E-state index is 0.370. The summed E-state index contributed by atoms with van der Waals surface area (Å²) in [6.45, 7) is 2.88. The van der Waals surface area contributed by atoms with E-state index in [0.29, 0.717) is 0 Å². The molecule has 2 nitrogen and oxygen atoms in total. The summed E-state index contributed by atoms with van der Waals surface area (Å²) in [5.74, 6) is -0.391. The topological polar surface area (TPSA) is 29.1 Å². The highest BCUT2D eigenvalue weighted by Crippen LogP contribution is 1.94. The molecule has 54 valence electrons. The van der Waals surface area contributed by atoms with Crippen molar-refractivity contribution in [1.29, 1.82) is 0 Å². The second-order valence-corrected chi connectivity index (χ2v) is 2.03. The van der Waals surface area contributed by atoms with Crippen LogP contribution in [0.3, 0.4) is 0 Å². The number of rotatable bonds is 3. The van der Waals surface area contributed by atoms with Crippen molar-refractivity contribution in [3.8, 4) is 0 Å². The molecule has 0 aromatic carbocycles. The zero-order chi connectivity index (χ0) is 7.44. The average molecular weight is 133 g/mol. The SMILES string of the molecule is CN[C@@H](C)C(=O)C(C)F. The monoisotopic (exact) mass is 133 g/mol. The lowest BCUT2D eigenvalue weighted by atomic mass is 10.1. The Kier molecular flexibility index (Phi) is 3.39. The number of likely N-dealkylation sites (N-methyl/N-ethyl adjacent to an activating group) is 1. The van der Waals surface area contributed by atoms with E-state index >= 15 is 0 Å².